The SMILES string of the molecule is [c]1ccc2c(N3CN4C=CC=CC4=N3)csc2c1. The predicted octanol–water partition coefficient (Wildman–Crippen LogP) is 3.18. The highest BCUT2D eigenvalue weighted by Gasteiger charge is 2.23. The van der Waals surface area contributed by atoms with Crippen LogP contribution >= 0.6 is 11.3 Å². The zero-order chi connectivity index (χ0) is 11.9. The Morgan fingerprint density at radius 1 is 1.33 bits per heavy atom. The Labute approximate surface area is 109 Å². The Morgan fingerprint density at radius 2 is 2.33 bits per heavy atom. The highest BCUT2D eigenvalue weighted by atomic mass is 32.1. The molecule has 0 N–H and O–H groups in total. The fraction of sp³-hybridized carbons (Fsp3) is 0.0714. The topological polar surface area (TPSA) is 18.8 Å². The summed E-state index contributed by atoms with van der Waals surface area (Å²) >= 11 is 1.74. The Hall–Kier alpha value is -2.07. The molecule has 0 amide bonds. The van der Waals surface area contributed by atoms with Crippen LogP contribution in [0.15, 0.2) is 53.1 Å². The normalized spacial score (nSPS) is 17.4. The first-order valence-corrected chi connectivity index (χ1v) is 6.65. The molecule has 3 nitrogen and oxygen atoms in total. The summed E-state index contributed by atoms with van der Waals surface area (Å²) in [6.07, 6.45) is 8.13. The molecular weight excluding hydrogens is 242 g/mol. The van der Waals surface area contributed by atoms with E-state index < -0.39 is 0 Å². The van der Waals surface area contributed by atoms with Gasteiger partial charge in [0.15, 0.2) is 5.84 Å². The van der Waals surface area contributed by atoms with E-state index in [-0.39, 0.29) is 0 Å². The van der Waals surface area contributed by atoms with Gasteiger partial charge in [0.1, 0.15) is 6.67 Å². The van der Waals surface area contributed by atoms with Crippen molar-refractivity contribution in [3.63, 3.8) is 0 Å². The van der Waals surface area contributed by atoms with Crippen LogP contribution in [0.3, 0.4) is 0 Å². The lowest BCUT2D eigenvalue weighted by Gasteiger charge is -2.17. The van der Waals surface area contributed by atoms with Crippen LogP contribution in [-0.2, 0) is 0 Å². The number of anilines is 1. The average Bonchev–Trinajstić information content (AvgIpc) is 3.02. The third-order valence-corrected chi connectivity index (χ3v) is 4.04. The van der Waals surface area contributed by atoms with E-state index in [0.717, 1.165) is 12.5 Å². The van der Waals surface area contributed by atoms with Gasteiger partial charge in [0.2, 0.25) is 0 Å². The lowest BCUT2D eigenvalue weighted by Crippen LogP contribution is -2.25. The molecule has 1 aromatic carbocycles. The number of hydrogen-bond acceptors (Lipinski definition) is 4. The first-order valence-electron chi connectivity index (χ1n) is 5.77. The van der Waals surface area contributed by atoms with Crippen molar-refractivity contribution in [2.75, 3.05) is 11.7 Å². The van der Waals surface area contributed by atoms with Crippen molar-refractivity contribution in [1.82, 2.24) is 4.90 Å². The Kier molecular flexibility index (Phi) is 2.04. The van der Waals surface area contributed by atoms with Crippen LogP contribution in [0, 0.1) is 6.07 Å². The molecule has 0 spiro atoms. The van der Waals surface area contributed by atoms with Crippen molar-refractivity contribution in [3.05, 3.63) is 54.1 Å². The maximum Gasteiger partial charge on any atom is 0.154 e. The third kappa shape index (κ3) is 1.39. The number of benzene rings is 1. The number of rotatable bonds is 1. The second-order valence-corrected chi connectivity index (χ2v) is 5.12. The number of hydrogen-bond donors (Lipinski definition) is 0. The fourth-order valence-corrected chi connectivity index (χ4v) is 3.14. The number of fused-ring (bicyclic) bond motifs is 2. The van der Waals surface area contributed by atoms with E-state index in [4.69, 9.17) is 0 Å². The number of nitrogens with zero attached hydrogens (tertiary/aromatic N) is 3. The second kappa shape index (κ2) is 3.71. The molecule has 3 heterocycles. The van der Waals surface area contributed by atoms with Gasteiger partial charge in [0.25, 0.3) is 0 Å². The quantitative estimate of drug-likeness (QED) is 0.776. The average molecular weight is 252 g/mol. The summed E-state index contributed by atoms with van der Waals surface area (Å²) in [6.45, 7) is 0.778. The molecule has 0 saturated heterocycles. The molecule has 2 aliphatic heterocycles. The van der Waals surface area contributed by atoms with Crippen molar-refractivity contribution in [3.8, 4) is 0 Å². The minimum Gasteiger partial charge on any atom is -0.311 e. The molecule has 2 aliphatic rings. The van der Waals surface area contributed by atoms with Gasteiger partial charge >= 0.3 is 0 Å². The summed E-state index contributed by atoms with van der Waals surface area (Å²) < 4.78 is 1.25. The van der Waals surface area contributed by atoms with E-state index in [1.165, 1.54) is 15.8 Å². The molecule has 1 aromatic heterocycles. The second-order valence-electron chi connectivity index (χ2n) is 4.21. The summed E-state index contributed by atoms with van der Waals surface area (Å²) in [7, 11) is 0. The zero-order valence-electron chi connectivity index (χ0n) is 9.58. The first-order chi connectivity index (χ1) is 8.92. The number of allylic oxidation sites excluding steroid dienone is 2. The summed E-state index contributed by atoms with van der Waals surface area (Å²) in [5.74, 6) is 0.999. The predicted molar refractivity (Wildman–Crippen MR) is 75.6 cm³/mol. The van der Waals surface area contributed by atoms with E-state index in [2.05, 4.69) is 33.7 Å². The van der Waals surface area contributed by atoms with Crippen LogP contribution < -0.4 is 5.01 Å². The van der Waals surface area contributed by atoms with Crippen LogP contribution in [0.1, 0.15) is 0 Å². The fourth-order valence-electron chi connectivity index (χ4n) is 2.21. The van der Waals surface area contributed by atoms with Crippen LogP contribution in [0.25, 0.3) is 10.1 Å². The highest BCUT2D eigenvalue weighted by molar-refractivity contribution is 7.17. The minimum atomic E-state index is 0.778. The molecular formula is C14H10N3S. The lowest BCUT2D eigenvalue weighted by molar-refractivity contribution is 0.590. The van der Waals surface area contributed by atoms with E-state index >= 15 is 0 Å². The lowest BCUT2D eigenvalue weighted by atomic mass is 10.2. The van der Waals surface area contributed by atoms with Gasteiger partial charge in [-0.2, -0.15) is 5.10 Å². The number of amidine groups is 1. The summed E-state index contributed by atoms with van der Waals surface area (Å²) in [4.78, 5) is 2.14. The number of hydrazone groups is 1. The van der Waals surface area contributed by atoms with E-state index in [0.29, 0.717) is 0 Å². The summed E-state index contributed by atoms with van der Waals surface area (Å²) in [5, 5.41) is 10.1. The van der Waals surface area contributed by atoms with Gasteiger partial charge in [-0.25, -0.2) is 5.01 Å². The van der Waals surface area contributed by atoms with Crippen LogP contribution in [0.4, 0.5) is 5.69 Å². The molecule has 1 radical (unpaired) electrons. The number of thiophene rings is 1. The Balaban J connectivity index is 1.79. The largest absolute Gasteiger partial charge is 0.311 e. The van der Waals surface area contributed by atoms with Gasteiger partial charge < -0.3 is 4.90 Å². The standard InChI is InChI=1S/C14H10N3S/c1-2-6-13-11(5-1)12(9-18-13)17-10-16-8-4-3-7-14(16)15-17/h1,3-9H,10H2. The summed E-state index contributed by atoms with van der Waals surface area (Å²) in [6, 6.07) is 9.19. The molecule has 0 fully saturated rings. The maximum atomic E-state index is 4.64. The van der Waals surface area contributed by atoms with Crippen LogP contribution in [0.2, 0.25) is 0 Å². The van der Waals surface area contributed by atoms with Crippen molar-refractivity contribution in [1.29, 1.82) is 0 Å². The first kappa shape index (κ1) is 9.91. The third-order valence-electron chi connectivity index (χ3n) is 3.10. The van der Waals surface area contributed by atoms with E-state index in [1.807, 2.05) is 35.4 Å². The maximum absolute atomic E-state index is 4.64. The minimum absolute atomic E-state index is 0.778. The van der Waals surface area contributed by atoms with Gasteiger partial charge in [0, 0.05) is 21.7 Å². The molecule has 0 saturated carbocycles. The molecule has 18 heavy (non-hydrogen) atoms. The zero-order valence-corrected chi connectivity index (χ0v) is 10.4. The Morgan fingerprint density at radius 3 is 3.28 bits per heavy atom. The van der Waals surface area contributed by atoms with E-state index in [9.17, 15) is 0 Å². The van der Waals surface area contributed by atoms with Gasteiger partial charge in [-0.3, -0.25) is 0 Å². The summed E-state index contributed by atoms with van der Waals surface area (Å²) in [5.41, 5.74) is 1.17. The smallest absolute Gasteiger partial charge is 0.154 e. The molecule has 0 bridgehead atoms. The van der Waals surface area contributed by atoms with Crippen molar-refractivity contribution >= 4 is 32.9 Å². The van der Waals surface area contributed by atoms with Crippen molar-refractivity contribution < 1.29 is 0 Å². The molecule has 2 aromatic rings. The van der Waals surface area contributed by atoms with Crippen LogP contribution in [0.5, 0.6) is 0 Å². The Bertz CT molecular complexity index is 696. The molecule has 0 aliphatic carbocycles. The monoisotopic (exact) mass is 252 g/mol. The van der Waals surface area contributed by atoms with Gasteiger partial charge in [-0.1, -0.05) is 18.2 Å². The van der Waals surface area contributed by atoms with Gasteiger partial charge in [0.05, 0.1) is 5.69 Å². The van der Waals surface area contributed by atoms with Gasteiger partial charge in [-0.05, 0) is 24.3 Å². The van der Waals surface area contributed by atoms with Crippen molar-refractivity contribution in [2.45, 2.75) is 0 Å². The van der Waals surface area contributed by atoms with Crippen molar-refractivity contribution in [2.24, 2.45) is 5.10 Å². The highest BCUT2D eigenvalue weighted by Crippen LogP contribution is 2.34. The van der Waals surface area contributed by atoms with Crippen LogP contribution in [-0.4, -0.2) is 17.4 Å². The van der Waals surface area contributed by atoms with Gasteiger partial charge in [-0.15, -0.1) is 11.3 Å². The molecule has 87 valence electrons. The molecule has 4 rings (SSSR count). The molecule has 0 atom stereocenters. The molecule has 4 heteroatoms. The molecule has 0 unspecified atom stereocenters. The van der Waals surface area contributed by atoms with E-state index in [1.54, 1.807) is 11.3 Å².